The third-order valence-electron chi connectivity index (χ3n) is 5.48. The van der Waals surface area contributed by atoms with Crippen LogP contribution in [0.2, 0.25) is 0 Å². The fourth-order valence-corrected chi connectivity index (χ4v) is 5.04. The van der Waals surface area contributed by atoms with Gasteiger partial charge in [-0.05, 0) is 5.56 Å². The SMILES string of the molecule is O=C(c1scc2c1OCCO2)N1CCN2[C@@H](COC[C@@H]2c2ccccc2)C1. The number of nitrogens with zero attached hydrogens (tertiary/aromatic N) is 2. The Bertz CT molecular complexity index is 825. The van der Waals surface area contributed by atoms with Gasteiger partial charge in [0.2, 0.25) is 0 Å². The monoisotopic (exact) mass is 386 g/mol. The second-order valence-corrected chi connectivity index (χ2v) is 7.94. The number of fused-ring (bicyclic) bond motifs is 2. The zero-order chi connectivity index (χ0) is 18.2. The van der Waals surface area contributed by atoms with Crippen LogP contribution in [0.15, 0.2) is 35.7 Å². The van der Waals surface area contributed by atoms with Crippen LogP contribution in [0.3, 0.4) is 0 Å². The number of carbonyl (C=O) groups is 1. The Kier molecular flexibility index (Phi) is 4.51. The second kappa shape index (κ2) is 7.14. The van der Waals surface area contributed by atoms with Gasteiger partial charge in [-0.15, -0.1) is 11.3 Å². The number of piperazine rings is 1. The van der Waals surface area contributed by atoms with Crippen LogP contribution in [-0.4, -0.2) is 67.8 Å². The molecule has 0 spiro atoms. The first-order valence-corrected chi connectivity index (χ1v) is 10.2. The van der Waals surface area contributed by atoms with Crippen molar-refractivity contribution < 1.29 is 19.0 Å². The van der Waals surface area contributed by atoms with Crippen LogP contribution in [0.4, 0.5) is 0 Å². The highest BCUT2D eigenvalue weighted by molar-refractivity contribution is 7.12. The Labute approximate surface area is 162 Å². The minimum atomic E-state index is 0.0354. The van der Waals surface area contributed by atoms with Crippen molar-refractivity contribution in [1.82, 2.24) is 9.80 Å². The Hall–Kier alpha value is -2.09. The summed E-state index contributed by atoms with van der Waals surface area (Å²) < 4.78 is 17.2. The molecule has 0 saturated carbocycles. The number of ether oxygens (including phenoxy) is 3. The zero-order valence-corrected chi connectivity index (χ0v) is 15.8. The number of amides is 1. The van der Waals surface area contributed by atoms with Gasteiger partial charge in [0, 0.05) is 25.0 Å². The minimum absolute atomic E-state index is 0.0354. The van der Waals surface area contributed by atoms with Gasteiger partial charge in [-0.25, -0.2) is 0 Å². The van der Waals surface area contributed by atoms with E-state index in [0.29, 0.717) is 55.9 Å². The molecule has 6 nitrogen and oxygen atoms in total. The molecular formula is C20H22N2O4S. The normalized spacial score (nSPS) is 25.1. The molecule has 2 fully saturated rings. The number of thiophene rings is 1. The fourth-order valence-electron chi connectivity index (χ4n) is 4.14. The van der Waals surface area contributed by atoms with Gasteiger partial charge in [-0.1, -0.05) is 30.3 Å². The van der Waals surface area contributed by atoms with Gasteiger partial charge in [-0.3, -0.25) is 9.69 Å². The third-order valence-corrected chi connectivity index (χ3v) is 6.41. The standard InChI is InChI=1S/C20H22N2O4S/c23-20(19-18-17(13-27-19)25-8-9-26-18)21-6-7-22-15(10-21)11-24-12-16(22)14-4-2-1-3-5-14/h1-5,13,15-16H,6-12H2/t15-,16-/m1/s1. The minimum Gasteiger partial charge on any atom is -0.485 e. The zero-order valence-electron chi connectivity index (χ0n) is 15.0. The highest BCUT2D eigenvalue weighted by Crippen LogP contribution is 2.40. The summed E-state index contributed by atoms with van der Waals surface area (Å²) in [5.74, 6) is 1.34. The maximum absolute atomic E-state index is 13.1. The molecule has 1 amide bonds. The van der Waals surface area contributed by atoms with Crippen LogP contribution < -0.4 is 9.47 Å². The molecule has 0 N–H and O–H groups in total. The van der Waals surface area contributed by atoms with Crippen LogP contribution >= 0.6 is 11.3 Å². The van der Waals surface area contributed by atoms with Gasteiger partial charge in [0.1, 0.15) is 18.1 Å². The van der Waals surface area contributed by atoms with E-state index in [1.807, 2.05) is 16.3 Å². The maximum Gasteiger partial charge on any atom is 0.268 e. The van der Waals surface area contributed by atoms with Gasteiger partial charge in [0.05, 0.1) is 25.3 Å². The first kappa shape index (κ1) is 17.0. The summed E-state index contributed by atoms with van der Waals surface area (Å²) >= 11 is 1.41. The topological polar surface area (TPSA) is 51.2 Å². The lowest BCUT2D eigenvalue weighted by atomic mass is 10.00. The molecule has 3 aliphatic heterocycles. The molecule has 2 aromatic rings. The van der Waals surface area contributed by atoms with Gasteiger partial charge in [0.25, 0.3) is 5.91 Å². The first-order valence-electron chi connectivity index (χ1n) is 9.36. The molecule has 1 aromatic heterocycles. The number of hydrogen-bond donors (Lipinski definition) is 0. The van der Waals surface area contributed by atoms with Gasteiger partial charge >= 0.3 is 0 Å². The molecule has 1 aromatic carbocycles. The average molecular weight is 386 g/mol. The van der Waals surface area contributed by atoms with E-state index >= 15 is 0 Å². The highest BCUT2D eigenvalue weighted by Gasteiger charge is 2.38. The Balaban J connectivity index is 1.32. The summed E-state index contributed by atoms with van der Waals surface area (Å²) in [5, 5.41) is 1.87. The van der Waals surface area contributed by atoms with Crippen molar-refractivity contribution in [2.75, 3.05) is 46.1 Å². The van der Waals surface area contributed by atoms with Crippen molar-refractivity contribution in [3.8, 4) is 11.5 Å². The fraction of sp³-hybridized carbons (Fsp3) is 0.450. The molecule has 0 aliphatic carbocycles. The van der Waals surface area contributed by atoms with Crippen molar-refractivity contribution in [2.24, 2.45) is 0 Å². The van der Waals surface area contributed by atoms with E-state index < -0.39 is 0 Å². The maximum atomic E-state index is 13.1. The predicted octanol–water partition coefficient (Wildman–Crippen LogP) is 2.42. The van der Waals surface area contributed by atoms with Crippen LogP contribution in [-0.2, 0) is 4.74 Å². The van der Waals surface area contributed by atoms with Crippen molar-refractivity contribution >= 4 is 17.2 Å². The van der Waals surface area contributed by atoms with Crippen LogP contribution in [0.5, 0.6) is 11.5 Å². The summed E-state index contributed by atoms with van der Waals surface area (Å²) in [4.78, 5) is 18.2. The number of hydrogen-bond acceptors (Lipinski definition) is 6. The molecule has 4 heterocycles. The van der Waals surface area contributed by atoms with E-state index in [-0.39, 0.29) is 18.0 Å². The van der Waals surface area contributed by atoms with Crippen molar-refractivity contribution in [2.45, 2.75) is 12.1 Å². The third kappa shape index (κ3) is 3.09. The molecule has 2 saturated heterocycles. The number of morpholine rings is 1. The molecular weight excluding hydrogens is 364 g/mol. The summed E-state index contributed by atoms with van der Waals surface area (Å²) in [7, 11) is 0. The van der Waals surface area contributed by atoms with E-state index in [4.69, 9.17) is 14.2 Å². The number of carbonyl (C=O) groups excluding carboxylic acids is 1. The molecule has 3 aliphatic rings. The van der Waals surface area contributed by atoms with Crippen molar-refractivity contribution in [3.05, 3.63) is 46.2 Å². The van der Waals surface area contributed by atoms with Crippen LogP contribution in [0.25, 0.3) is 0 Å². The molecule has 2 atom stereocenters. The lowest BCUT2D eigenvalue weighted by Crippen LogP contribution is -2.59. The smallest absolute Gasteiger partial charge is 0.268 e. The molecule has 0 radical (unpaired) electrons. The summed E-state index contributed by atoms with van der Waals surface area (Å²) in [6.45, 7) is 4.64. The van der Waals surface area contributed by atoms with Crippen LogP contribution in [0.1, 0.15) is 21.3 Å². The summed E-state index contributed by atoms with van der Waals surface area (Å²) in [6.07, 6.45) is 0. The Morgan fingerprint density at radius 2 is 1.93 bits per heavy atom. The molecule has 142 valence electrons. The average Bonchev–Trinajstić information content (AvgIpc) is 3.17. The van der Waals surface area contributed by atoms with Gasteiger partial charge < -0.3 is 19.1 Å². The lowest BCUT2D eigenvalue weighted by Gasteiger charge is -2.48. The molecule has 27 heavy (non-hydrogen) atoms. The quantitative estimate of drug-likeness (QED) is 0.793. The second-order valence-electron chi connectivity index (χ2n) is 7.06. The largest absolute Gasteiger partial charge is 0.485 e. The molecule has 7 heteroatoms. The number of rotatable bonds is 2. The van der Waals surface area contributed by atoms with E-state index in [1.165, 1.54) is 16.9 Å². The van der Waals surface area contributed by atoms with Gasteiger partial charge in [-0.2, -0.15) is 0 Å². The molecule has 5 rings (SSSR count). The highest BCUT2D eigenvalue weighted by atomic mass is 32.1. The van der Waals surface area contributed by atoms with Crippen molar-refractivity contribution in [3.63, 3.8) is 0 Å². The first-order chi connectivity index (χ1) is 13.3. The van der Waals surface area contributed by atoms with Crippen LogP contribution in [0, 0.1) is 0 Å². The van der Waals surface area contributed by atoms with E-state index in [1.54, 1.807) is 0 Å². The number of benzene rings is 1. The van der Waals surface area contributed by atoms with Crippen molar-refractivity contribution in [1.29, 1.82) is 0 Å². The molecule has 0 unspecified atom stereocenters. The lowest BCUT2D eigenvalue weighted by molar-refractivity contribution is -0.0770. The summed E-state index contributed by atoms with van der Waals surface area (Å²) in [5.41, 5.74) is 1.28. The predicted molar refractivity (Wildman–Crippen MR) is 102 cm³/mol. The Morgan fingerprint density at radius 1 is 1.07 bits per heavy atom. The Morgan fingerprint density at radius 3 is 2.81 bits per heavy atom. The van der Waals surface area contributed by atoms with E-state index in [0.717, 1.165) is 6.54 Å². The summed E-state index contributed by atoms with van der Waals surface area (Å²) in [6, 6.07) is 11.0. The van der Waals surface area contributed by atoms with E-state index in [9.17, 15) is 4.79 Å². The van der Waals surface area contributed by atoms with E-state index in [2.05, 4.69) is 29.2 Å². The van der Waals surface area contributed by atoms with Gasteiger partial charge in [0.15, 0.2) is 11.5 Å². The molecule has 0 bridgehead atoms.